The number of nitrogens with zero attached hydrogens (tertiary/aromatic N) is 3. The summed E-state index contributed by atoms with van der Waals surface area (Å²) in [5.74, 6) is -0.104. The van der Waals surface area contributed by atoms with E-state index in [1.54, 1.807) is 22.2 Å². The topological polar surface area (TPSA) is 72.0 Å². The number of hydrogen-bond donors (Lipinski definition) is 0. The normalized spacial score (nSPS) is 24.7. The number of rotatable bonds is 2. The van der Waals surface area contributed by atoms with Crippen molar-refractivity contribution in [3.63, 3.8) is 0 Å². The predicted molar refractivity (Wildman–Crippen MR) is 91.2 cm³/mol. The van der Waals surface area contributed by atoms with Crippen molar-refractivity contribution >= 4 is 11.8 Å². The zero-order chi connectivity index (χ0) is 18.0. The number of aryl methyl sites for hydroxylation is 1. The lowest BCUT2D eigenvalue weighted by Gasteiger charge is -2.44. The lowest BCUT2D eigenvalue weighted by Crippen LogP contribution is -2.60. The molecule has 2 amide bonds. The Morgan fingerprint density at radius 3 is 2.84 bits per heavy atom. The SMILES string of the molecule is Cc1cncc(C(=O)N2CCOC3(COCC(=O)N(C(C)C)C3)C2)c1. The predicted octanol–water partition coefficient (Wildman–Crippen LogP) is 0.868. The van der Waals surface area contributed by atoms with Crippen LogP contribution in [0.2, 0.25) is 0 Å². The second kappa shape index (κ2) is 7.09. The van der Waals surface area contributed by atoms with E-state index >= 15 is 0 Å². The van der Waals surface area contributed by atoms with E-state index in [1.165, 1.54) is 0 Å². The third-order valence-electron chi connectivity index (χ3n) is 4.65. The van der Waals surface area contributed by atoms with Crippen LogP contribution in [0, 0.1) is 6.92 Å². The zero-order valence-electron chi connectivity index (χ0n) is 15.0. The molecule has 0 N–H and O–H groups in total. The van der Waals surface area contributed by atoms with E-state index in [9.17, 15) is 9.59 Å². The van der Waals surface area contributed by atoms with Gasteiger partial charge in [0.15, 0.2) is 0 Å². The Balaban J connectivity index is 1.79. The van der Waals surface area contributed by atoms with Crippen molar-refractivity contribution in [2.75, 3.05) is 39.5 Å². The van der Waals surface area contributed by atoms with Gasteiger partial charge in [0, 0.05) is 25.0 Å². The summed E-state index contributed by atoms with van der Waals surface area (Å²) in [6, 6.07) is 1.90. The van der Waals surface area contributed by atoms with Crippen molar-refractivity contribution in [1.29, 1.82) is 0 Å². The summed E-state index contributed by atoms with van der Waals surface area (Å²) in [6.45, 7) is 7.99. The molecule has 7 heteroatoms. The molecule has 3 rings (SSSR count). The monoisotopic (exact) mass is 347 g/mol. The third-order valence-corrected chi connectivity index (χ3v) is 4.65. The molecule has 0 aliphatic carbocycles. The highest BCUT2D eigenvalue weighted by Crippen LogP contribution is 2.25. The Morgan fingerprint density at radius 1 is 1.32 bits per heavy atom. The first-order chi connectivity index (χ1) is 11.9. The van der Waals surface area contributed by atoms with Gasteiger partial charge in [0.1, 0.15) is 12.2 Å². The number of hydrogen-bond acceptors (Lipinski definition) is 5. The Morgan fingerprint density at radius 2 is 2.12 bits per heavy atom. The molecule has 1 atom stereocenters. The van der Waals surface area contributed by atoms with E-state index in [0.29, 0.717) is 38.4 Å². The first-order valence-corrected chi connectivity index (χ1v) is 8.62. The van der Waals surface area contributed by atoms with Gasteiger partial charge in [-0.15, -0.1) is 0 Å². The van der Waals surface area contributed by atoms with Crippen molar-refractivity contribution in [3.05, 3.63) is 29.6 Å². The van der Waals surface area contributed by atoms with E-state index in [2.05, 4.69) is 4.98 Å². The lowest BCUT2D eigenvalue weighted by molar-refractivity contribution is -0.140. The Hall–Kier alpha value is -1.99. The number of morpholine rings is 1. The fourth-order valence-electron chi connectivity index (χ4n) is 3.38. The summed E-state index contributed by atoms with van der Waals surface area (Å²) in [6.07, 6.45) is 3.31. The van der Waals surface area contributed by atoms with Crippen LogP contribution in [0.4, 0.5) is 0 Å². The first kappa shape index (κ1) is 17.8. The molecule has 7 nitrogen and oxygen atoms in total. The number of aromatic nitrogens is 1. The highest BCUT2D eigenvalue weighted by Gasteiger charge is 2.43. The minimum Gasteiger partial charge on any atom is -0.368 e. The van der Waals surface area contributed by atoms with Crippen molar-refractivity contribution in [3.8, 4) is 0 Å². The second-order valence-corrected chi connectivity index (χ2v) is 7.12. The maximum absolute atomic E-state index is 12.9. The van der Waals surface area contributed by atoms with Gasteiger partial charge in [-0.3, -0.25) is 14.6 Å². The Bertz CT molecular complexity index is 663. The maximum atomic E-state index is 12.9. The van der Waals surface area contributed by atoms with E-state index in [1.807, 2.05) is 26.8 Å². The van der Waals surface area contributed by atoms with Crippen LogP contribution in [0.5, 0.6) is 0 Å². The van der Waals surface area contributed by atoms with Crippen molar-refractivity contribution < 1.29 is 19.1 Å². The molecule has 0 saturated carbocycles. The molecule has 1 unspecified atom stereocenters. The molecule has 0 radical (unpaired) electrons. The van der Waals surface area contributed by atoms with Gasteiger partial charge in [0.2, 0.25) is 5.91 Å². The second-order valence-electron chi connectivity index (χ2n) is 7.12. The molecule has 2 aliphatic heterocycles. The van der Waals surface area contributed by atoms with E-state index in [-0.39, 0.29) is 24.5 Å². The van der Waals surface area contributed by atoms with Crippen molar-refractivity contribution in [2.24, 2.45) is 0 Å². The standard InChI is InChI=1S/C18H25N3O4/c1-13(2)21-11-18(12-24-9-16(21)22)10-20(4-5-25-18)17(23)15-6-14(3)7-19-8-15/h6-8,13H,4-5,9-12H2,1-3H3. The molecule has 136 valence electrons. The molecule has 1 aromatic rings. The number of amides is 2. The zero-order valence-corrected chi connectivity index (χ0v) is 15.0. The fourth-order valence-corrected chi connectivity index (χ4v) is 3.38. The average molecular weight is 347 g/mol. The molecule has 0 aromatic carbocycles. The summed E-state index contributed by atoms with van der Waals surface area (Å²) in [5.41, 5.74) is 0.841. The van der Waals surface area contributed by atoms with Gasteiger partial charge in [-0.2, -0.15) is 0 Å². The van der Waals surface area contributed by atoms with Crippen LogP contribution in [0.15, 0.2) is 18.5 Å². The van der Waals surface area contributed by atoms with Crippen LogP contribution in [-0.2, 0) is 14.3 Å². The summed E-state index contributed by atoms with van der Waals surface area (Å²) >= 11 is 0. The Kier molecular flexibility index (Phi) is 5.06. The highest BCUT2D eigenvalue weighted by molar-refractivity contribution is 5.94. The summed E-state index contributed by atoms with van der Waals surface area (Å²) in [4.78, 5) is 32.7. The Labute approximate surface area is 147 Å². The summed E-state index contributed by atoms with van der Waals surface area (Å²) in [5, 5.41) is 0. The van der Waals surface area contributed by atoms with Gasteiger partial charge >= 0.3 is 0 Å². The smallest absolute Gasteiger partial charge is 0.255 e. The molecule has 1 aromatic heterocycles. The first-order valence-electron chi connectivity index (χ1n) is 8.62. The van der Waals surface area contributed by atoms with E-state index in [4.69, 9.17) is 9.47 Å². The molecule has 2 fully saturated rings. The highest BCUT2D eigenvalue weighted by atomic mass is 16.5. The molecular formula is C18H25N3O4. The van der Waals surface area contributed by atoms with Crippen LogP contribution in [0.3, 0.4) is 0 Å². The van der Waals surface area contributed by atoms with Crippen LogP contribution >= 0.6 is 0 Å². The fraction of sp³-hybridized carbons (Fsp3) is 0.611. The number of pyridine rings is 1. The maximum Gasteiger partial charge on any atom is 0.255 e. The van der Waals surface area contributed by atoms with E-state index < -0.39 is 5.60 Å². The van der Waals surface area contributed by atoms with Gasteiger partial charge in [0.05, 0.1) is 31.9 Å². The number of ether oxygens (including phenoxy) is 2. The number of carbonyl (C=O) groups is 2. The van der Waals surface area contributed by atoms with Crippen LogP contribution in [0.25, 0.3) is 0 Å². The van der Waals surface area contributed by atoms with E-state index in [0.717, 1.165) is 5.56 Å². The van der Waals surface area contributed by atoms with Gasteiger partial charge in [-0.1, -0.05) is 0 Å². The molecular weight excluding hydrogens is 322 g/mol. The van der Waals surface area contributed by atoms with Crippen molar-refractivity contribution in [1.82, 2.24) is 14.8 Å². The molecule has 2 saturated heterocycles. The average Bonchev–Trinajstić information content (AvgIpc) is 2.74. The summed E-state index contributed by atoms with van der Waals surface area (Å²) in [7, 11) is 0. The lowest BCUT2D eigenvalue weighted by atomic mass is 10.0. The molecule has 25 heavy (non-hydrogen) atoms. The van der Waals surface area contributed by atoms with Gasteiger partial charge in [0.25, 0.3) is 5.91 Å². The van der Waals surface area contributed by atoms with Gasteiger partial charge in [-0.05, 0) is 32.4 Å². The molecule has 0 bridgehead atoms. The van der Waals surface area contributed by atoms with Gasteiger partial charge in [-0.25, -0.2) is 0 Å². The summed E-state index contributed by atoms with van der Waals surface area (Å²) < 4.78 is 11.6. The van der Waals surface area contributed by atoms with Crippen molar-refractivity contribution in [2.45, 2.75) is 32.4 Å². The number of carbonyl (C=O) groups excluding carboxylic acids is 2. The third kappa shape index (κ3) is 3.82. The largest absolute Gasteiger partial charge is 0.368 e. The quantitative estimate of drug-likeness (QED) is 0.794. The van der Waals surface area contributed by atoms with Gasteiger partial charge < -0.3 is 19.3 Å². The minimum absolute atomic E-state index is 0.0400. The molecule has 2 aliphatic rings. The van der Waals surface area contributed by atoms with Crippen LogP contribution < -0.4 is 0 Å². The molecule has 3 heterocycles. The molecule has 1 spiro atoms. The minimum atomic E-state index is -0.679. The van der Waals surface area contributed by atoms with Crippen LogP contribution in [-0.4, -0.2) is 77.7 Å². The van der Waals surface area contributed by atoms with Crippen LogP contribution in [0.1, 0.15) is 29.8 Å².